The Morgan fingerprint density at radius 3 is 2.55 bits per heavy atom. The molecule has 2 aromatic carbocycles. The molecule has 0 aliphatic carbocycles. The van der Waals surface area contributed by atoms with Crippen LogP contribution in [0, 0.1) is 5.82 Å². The minimum Gasteiger partial charge on any atom is -0.382 e. The van der Waals surface area contributed by atoms with E-state index in [9.17, 15) is 4.39 Å². The molecule has 2 aromatic rings. The van der Waals surface area contributed by atoms with Crippen molar-refractivity contribution in [1.82, 2.24) is 5.43 Å². The van der Waals surface area contributed by atoms with Crippen LogP contribution in [0.15, 0.2) is 47.6 Å². The maximum atomic E-state index is 13.0. The van der Waals surface area contributed by atoms with Crippen LogP contribution in [-0.4, -0.2) is 12.4 Å². The molecule has 0 saturated heterocycles. The Kier molecular flexibility index (Phi) is 5.32. The number of halogens is 1. The molecule has 2 rings (SSSR count). The van der Waals surface area contributed by atoms with Gasteiger partial charge in [-0.05, 0) is 54.8 Å². The van der Waals surface area contributed by atoms with Crippen LogP contribution in [0.25, 0.3) is 0 Å². The Bertz CT molecular complexity index is 652. The van der Waals surface area contributed by atoms with Crippen LogP contribution < -0.4 is 22.4 Å². The quantitative estimate of drug-likeness (QED) is 0.284. The number of nitrogens with one attached hydrogen (secondary N) is 2. The van der Waals surface area contributed by atoms with Gasteiger partial charge in [-0.3, -0.25) is 5.84 Å². The van der Waals surface area contributed by atoms with Crippen molar-refractivity contribution in [3.8, 4) is 0 Å². The topological polar surface area (TPSA) is 88.5 Å². The molecule has 0 radical (unpaired) electrons. The van der Waals surface area contributed by atoms with Gasteiger partial charge in [0.15, 0.2) is 5.84 Å². The SMILES string of the molecule is CCN/N=C(\N)c1ccc(NN)c(Cc2ccc(F)cc2)c1. The average molecular weight is 301 g/mol. The molecule has 0 amide bonds. The third-order valence-corrected chi connectivity index (χ3v) is 3.22. The van der Waals surface area contributed by atoms with Crippen LogP contribution in [0.2, 0.25) is 0 Å². The maximum absolute atomic E-state index is 13.0. The lowest BCUT2D eigenvalue weighted by atomic mass is 10.0. The van der Waals surface area contributed by atoms with Gasteiger partial charge in [-0.15, -0.1) is 0 Å². The van der Waals surface area contributed by atoms with Crippen molar-refractivity contribution in [3.05, 3.63) is 65.0 Å². The van der Waals surface area contributed by atoms with Gasteiger partial charge in [0, 0.05) is 12.1 Å². The lowest BCUT2D eigenvalue weighted by molar-refractivity contribution is 0.627. The van der Waals surface area contributed by atoms with E-state index in [1.165, 1.54) is 12.1 Å². The Balaban J connectivity index is 2.30. The summed E-state index contributed by atoms with van der Waals surface area (Å²) >= 11 is 0. The summed E-state index contributed by atoms with van der Waals surface area (Å²) in [7, 11) is 0. The molecule has 0 heterocycles. The first-order valence-corrected chi connectivity index (χ1v) is 7.04. The summed E-state index contributed by atoms with van der Waals surface area (Å²) in [5.41, 5.74) is 15.0. The summed E-state index contributed by atoms with van der Waals surface area (Å²) in [4.78, 5) is 0. The van der Waals surface area contributed by atoms with Gasteiger partial charge >= 0.3 is 0 Å². The summed E-state index contributed by atoms with van der Waals surface area (Å²) in [5.74, 6) is 5.71. The van der Waals surface area contributed by atoms with E-state index in [-0.39, 0.29) is 5.82 Å². The number of hydrogen-bond donors (Lipinski definition) is 4. The molecule has 0 unspecified atom stereocenters. The van der Waals surface area contributed by atoms with E-state index in [0.717, 1.165) is 22.4 Å². The first kappa shape index (κ1) is 15.8. The van der Waals surface area contributed by atoms with Crippen LogP contribution in [0.5, 0.6) is 0 Å². The highest BCUT2D eigenvalue weighted by atomic mass is 19.1. The fourth-order valence-corrected chi connectivity index (χ4v) is 2.09. The van der Waals surface area contributed by atoms with Gasteiger partial charge in [-0.2, -0.15) is 5.10 Å². The number of nitrogens with two attached hydrogens (primary N) is 2. The standard InChI is InChI=1S/C16H20FN5/c1-2-20-22-16(18)12-5-8-15(21-19)13(10-12)9-11-3-6-14(17)7-4-11/h3-8,10,20-21H,2,9,19H2,1H3,(H2,18,22). The Morgan fingerprint density at radius 1 is 1.18 bits per heavy atom. The summed E-state index contributed by atoms with van der Waals surface area (Å²) in [6.45, 7) is 2.64. The fraction of sp³-hybridized carbons (Fsp3) is 0.188. The molecule has 0 spiro atoms. The summed E-state index contributed by atoms with van der Waals surface area (Å²) < 4.78 is 13.0. The molecule has 6 heteroatoms. The van der Waals surface area contributed by atoms with Gasteiger partial charge in [0.05, 0.1) is 5.69 Å². The number of benzene rings is 2. The van der Waals surface area contributed by atoms with E-state index in [0.29, 0.717) is 18.8 Å². The molecule has 0 saturated carbocycles. The summed E-state index contributed by atoms with van der Waals surface area (Å²) in [6.07, 6.45) is 0.613. The zero-order valence-corrected chi connectivity index (χ0v) is 12.4. The second-order valence-corrected chi connectivity index (χ2v) is 4.83. The summed E-state index contributed by atoms with van der Waals surface area (Å²) in [5, 5.41) is 4.07. The second kappa shape index (κ2) is 7.42. The highest BCUT2D eigenvalue weighted by molar-refractivity contribution is 5.97. The number of hydrazine groups is 1. The zero-order chi connectivity index (χ0) is 15.9. The molecule has 22 heavy (non-hydrogen) atoms. The number of hydrogen-bond acceptors (Lipinski definition) is 4. The van der Waals surface area contributed by atoms with E-state index in [2.05, 4.69) is 16.0 Å². The van der Waals surface area contributed by atoms with E-state index < -0.39 is 0 Å². The first-order chi connectivity index (χ1) is 10.6. The van der Waals surface area contributed by atoms with E-state index >= 15 is 0 Å². The average Bonchev–Trinajstić information content (AvgIpc) is 2.54. The molecule has 0 aromatic heterocycles. The largest absolute Gasteiger partial charge is 0.382 e. The fourth-order valence-electron chi connectivity index (χ4n) is 2.09. The van der Waals surface area contributed by atoms with Gasteiger partial charge in [-0.25, -0.2) is 4.39 Å². The molecule has 0 atom stereocenters. The summed E-state index contributed by atoms with van der Waals surface area (Å²) in [6, 6.07) is 12.0. The van der Waals surface area contributed by atoms with Crippen molar-refractivity contribution in [3.63, 3.8) is 0 Å². The van der Waals surface area contributed by atoms with Crippen molar-refractivity contribution in [2.45, 2.75) is 13.3 Å². The van der Waals surface area contributed by atoms with Gasteiger partial charge in [0.1, 0.15) is 5.82 Å². The zero-order valence-electron chi connectivity index (χ0n) is 12.4. The van der Waals surface area contributed by atoms with Crippen molar-refractivity contribution >= 4 is 11.5 Å². The third-order valence-electron chi connectivity index (χ3n) is 3.22. The Morgan fingerprint density at radius 2 is 1.91 bits per heavy atom. The third kappa shape index (κ3) is 3.95. The van der Waals surface area contributed by atoms with E-state index in [4.69, 9.17) is 11.6 Å². The minimum atomic E-state index is -0.253. The van der Waals surface area contributed by atoms with Gasteiger partial charge in [-0.1, -0.05) is 12.1 Å². The molecular weight excluding hydrogens is 281 g/mol. The minimum absolute atomic E-state index is 0.253. The smallest absolute Gasteiger partial charge is 0.150 e. The molecule has 0 bridgehead atoms. The van der Waals surface area contributed by atoms with Crippen LogP contribution in [0.1, 0.15) is 23.6 Å². The van der Waals surface area contributed by atoms with Crippen LogP contribution in [-0.2, 0) is 6.42 Å². The van der Waals surface area contributed by atoms with Crippen molar-refractivity contribution in [1.29, 1.82) is 0 Å². The first-order valence-electron chi connectivity index (χ1n) is 7.04. The number of anilines is 1. The molecule has 0 aliphatic rings. The molecule has 5 nitrogen and oxygen atoms in total. The second-order valence-electron chi connectivity index (χ2n) is 4.83. The van der Waals surface area contributed by atoms with Crippen LogP contribution in [0.4, 0.5) is 10.1 Å². The molecule has 6 N–H and O–H groups in total. The van der Waals surface area contributed by atoms with Crippen LogP contribution in [0.3, 0.4) is 0 Å². The number of hydrazone groups is 1. The lowest BCUT2D eigenvalue weighted by Gasteiger charge is -2.11. The van der Waals surface area contributed by atoms with Crippen molar-refractivity contribution in [2.24, 2.45) is 16.7 Å². The van der Waals surface area contributed by atoms with Gasteiger partial charge in [0.25, 0.3) is 0 Å². The normalized spacial score (nSPS) is 11.3. The number of nitrogens with zero attached hydrogens (tertiary/aromatic N) is 1. The maximum Gasteiger partial charge on any atom is 0.150 e. The molecule has 0 aliphatic heterocycles. The number of rotatable bonds is 6. The highest BCUT2D eigenvalue weighted by Gasteiger charge is 2.07. The monoisotopic (exact) mass is 301 g/mol. The van der Waals surface area contributed by atoms with E-state index in [1.54, 1.807) is 12.1 Å². The van der Waals surface area contributed by atoms with Gasteiger partial charge < -0.3 is 16.6 Å². The molecule has 116 valence electrons. The number of nitrogen functional groups attached to an aromatic ring is 1. The highest BCUT2D eigenvalue weighted by Crippen LogP contribution is 2.20. The predicted molar refractivity (Wildman–Crippen MR) is 87.9 cm³/mol. The Hall–Kier alpha value is -2.60. The van der Waals surface area contributed by atoms with Crippen molar-refractivity contribution < 1.29 is 4.39 Å². The molecular formula is C16H20FN5. The van der Waals surface area contributed by atoms with Gasteiger partial charge in [0.2, 0.25) is 0 Å². The van der Waals surface area contributed by atoms with E-state index in [1.807, 2.05) is 25.1 Å². The predicted octanol–water partition coefficient (Wildman–Crippen LogP) is 1.93. The Labute approximate surface area is 129 Å². The van der Waals surface area contributed by atoms with Crippen LogP contribution >= 0.6 is 0 Å². The lowest BCUT2D eigenvalue weighted by Crippen LogP contribution is -2.19. The van der Waals surface area contributed by atoms with Crippen molar-refractivity contribution in [2.75, 3.05) is 12.0 Å². The number of amidine groups is 1. The molecule has 0 fully saturated rings.